The van der Waals surface area contributed by atoms with E-state index in [1.165, 1.54) is 39.2 Å². The molecule has 2 nitrogen and oxygen atoms in total. The minimum atomic E-state index is -4.99. The molecule has 8 heteroatoms. The lowest BCUT2D eigenvalue weighted by atomic mass is 9.83. The van der Waals surface area contributed by atoms with Crippen LogP contribution >= 0.6 is 0 Å². The van der Waals surface area contributed by atoms with Gasteiger partial charge in [-0.25, -0.2) is 4.79 Å². The number of halogens is 6. The summed E-state index contributed by atoms with van der Waals surface area (Å²) in [4.78, 5) is 12.3. The molecule has 0 fully saturated rings. The number of hydrogen-bond acceptors (Lipinski definition) is 2. The van der Waals surface area contributed by atoms with Crippen LogP contribution in [0.15, 0.2) is 60.7 Å². The van der Waals surface area contributed by atoms with Crippen molar-refractivity contribution < 1.29 is 35.9 Å². The Morgan fingerprint density at radius 3 is 1.76 bits per heavy atom. The second-order valence-corrected chi connectivity index (χ2v) is 7.72. The van der Waals surface area contributed by atoms with Gasteiger partial charge in [0.05, 0.1) is 23.8 Å². The number of carbonyl (C=O) groups is 1. The summed E-state index contributed by atoms with van der Waals surface area (Å²) in [6, 6.07) is 13.3. The Labute approximate surface area is 186 Å². The van der Waals surface area contributed by atoms with Gasteiger partial charge in [0.25, 0.3) is 0 Å². The molecule has 3 aromatic rings. The van der Waals surface area contributed by atoms with Crippen LogP contribution < -0.4 is 0 Å². The summed E-state index contributed by atoms with van der Waals surface area (Å²) in [7, 11) is 1.18. The molecule has 0 aliphatic rings. The zero-order valence-corrected chi connectivity index (χ0v) is 17.9. The van der Waals surface area contributed by atoms with E-state index in [-0.39, 0.29) is 28.3 Å². The molecular formula is C25H20F6O2. The number of esters is 1. The molecule has 0 amide bonds. The molecule has 0 aliphatic heterocycles. The van der Waals surface area contributed by atoms with Crippen LogP contribution in [-0.2, 0) is 17.1 Å². The van der Waals surface area contributed by atoms with Crippen molar-refractivity contribution in [3.05, 3.63) is 82.9 Å². The van der Waals surface area contributed by atoms with Gasteiger partial charge in [0.15, 0.2) is 0 Å². The van der Waals surface area contributed by atoms with E-state index in [1.54, 1.807) is 30.3 Å². The van der Waals surface area contributed by atoms with E-state index in [0.29, 0.717) is 11.1 Å². The zero-order chi connectivity index (χ0) is 24.6. The number of alkyl halides is 6. The van der Waals surface area contributed by atoms with Crippen molar-refractivity contribution in [3.8, 4) is 22.3 Å². The first kappa shape index (κ1) is 24.4. The molecule has 0 N–H and O–H groups in total. The molecule has 0 spiro atoms. The Kier molecular flexibility index (Phi) is 6.58. The molecule has 0 aliphatic carbocycles. The third-order valence-electron chi connectivity index (χ3n) is 5.23. The lowest BCUT2D eigenvalue weighted by Gasteiger charge is -2.24. The summed E-state index contributed by atoms with van der Waals surface area (Å²) in [5, 5.41) is 0. The molecule has 33 heavy (non-hydrogen) atoms. The predicted octanol–water partition coefficient (Wildman–Crippen LogP) is 7.97. The smallest absolute Gasteiger partial charge is 0.416 e. The standard InChI is InChI=1S/C25H20F6O2/c1-14(2)22-20(12-15(24(26,27)28)13-21(22)25(29,30)31)18-10-5-4-8-16(18)17-9-6-7-11-19(17)23(32)33-3/h4-14H,1-3H3. The number of benzene rings is 3. The van der Waals surface area contributed by atoms with Crippen molar-refractivity contribution in [3.63, 3.8) is 0 Å². The van der Waals surface area contributed by atoms with Gasteiger partial charge in [0, 0.05) is 0 Å². The Hall–Kier alpha value is -3.29. The Balaban J connectivity index is 2.44. The second kappa shape index (κ2) is 8.92. The average molecular weight is 466 g/mol. The van der Waals surface area contributed by atoms with Gasteiger partial charge in [-0.3, -0.25) is 0 Å². The third-order valence-corrected chi connectivity index (χ3v) is 5.23. The highest BCUT2D eigenvalue weighted by atomic mass is 19.4. The first-order chi connectivity index (χ1) is 15.4. The number of methoxy groups -OCH3 is 1. The van der Waals surface area contributed by atoms with E-state index in [2.05, 4.69) is 0 Å². The SMILES string of the molecule is COC(=O)c1ccccc1-c1ccccc1-c1cc(C(F)(F)F)cc(C(F)(F)F)c1C(C)C. The van der Waals surface area contributed by atoms with Crippen LogP contribution in [0.5, 0.6) is 0 Å². The fraction of sp³-hybridized carbons (Fsp3) is 0.240. The van der Waals surface area contributed by atoms with Gasteiger partial charge in [-0.2, -0.15) is 26.3 Å². The van der Waals surface area contributed by atoms with Crippen LogP contribution in [0.3, 0.4) is 0 Å². The summed E-state index contributed by atoms with van der Waals surface area (Å²) < 4.78 is 87.2. The highest BCUT2D eigenvalue weighted by Gasteiger charge is 2.40. The number of ether oxygens (including phenoxy) is 1. The topological polar surface area (TPSA) is 26.3 Å². The molecule has 0 heterocycles. The summed E-state index contributed by atoms with van der Waals surface area (Å²) >= 11 is 0. The fourth-order valence-electron chi connectivity index (χ4n) is 3.86. The molecule has 0 saturated heterocycles. The van der Waals surface area contributed by atoms with Gasteiger partial charge in [-0.05, 0) is 51.9 Å². The summed E-state index contributed by atoms with van der Waals surface area (Å²) in [5.41, 5.74) is -2.24. The van der Waals surface area contributed by atoms with Gasteiger partial charge < -0.3 is 4.74 Å². The van der Waals surface area contributed by atoms with E-state index < -0.39 is 35.4 Å². The third kappa shape index (κ3) is 4.89. The first-order valence-electron chi connectivity index (χ1n) is 9.95. The van der Waals surface area contributed by atoms with Crippen molar-refractivity contribution in [1.29, 1.82) is 0 Å². The van der Waals surface area contributed by atoms with Crippen molar-refractivity contribution in [2.75, 3.05) is 7.11 Å². The van der Waals surface area contributed by atoms with Crippen LogP contribution in [-0.4, -0.2) is 13.1 Å². The van der Waals surface area contributed by atoms with Gasteiger partial charge in [0.1, 0.15) is 0 Å². The minimum absolute atomic E-state index is 0.140. The number of rotatable bonds is 4. The summed E-state index contributed by atoms with van der Waals surface area (Å²) in [5.74, 6) is -1.41. The van der Waals surface area contributed by atoms with Crippen molar-refractivity contribution in [2.45, 2.75) is 32.1 Å². The molecule has 0 atom stereocenters. The Morgan fingerprint density at radius 2 is 1.27 bits per heavy atom. The lowest BCUT2D eigenvalue weighted by Crippen LogP contribution is -2.16. The van der Waals surface area contributed by atoms with Crippen LogP contribution in [0.25, 0.3) is 22.3 Å². The first-order valence-corrected chi connectivity index (χ1v) is 9.95. The lowest BCUT2D eigenvalue weighted by molar-refractivity contribution is -0.143. The van der Waals surface area contributed by atoms with Crippen molar-refractivity contribution in [2.24, 2.45) is 0 Å². The van der Waals surface area contributed by atoms with Crippen LogP contribution in [0.1, 0.15) is 46.8 Å². The molecule has 0 bridgehead atoms. The quantitative estimate of drug-likeness (QED) is 0.288. The van der Waals surface area contributed by atoms with Gasteiger partial charge in [-0.15, -0.1) is 0 Å². The van der Waals surface area contributed by atoms with Crippen molar-refractivity contribution >= 4 is 5.97 Å². The molecular weight excluding hydrogens is 446 g/mol. The molecule has 174 valence electrons. The summed E-state index contributed by atoms with van der Waals surface area (Å²) in [6.07, 6.45) is -9.97. The minimum Gasteiger partial charge on any atom is -0.465 e. The molecule has 0 unspecified atom stereocenters. The maximum atomic E-state index is 13.9. The van der Waals surface area contributed by atoms with Gasteiger partial charge in [0.2, 0.25) is 0 Å². The second-order valence-electron chi connectivity index (χ2n) is 7.72. The van der Waals surface area contributed by atoms with E-state index >= 15 is 0 Å². The van der Waals surface area contributed by atoms with Gasteiger partial charge >= 0.3 is 18.3 Å². The zero-order valence-electron chi connectivity index (χ0n) is 17.9. The molecule has 0 saturated carbocycles. The molecule has 3 aromatic carbocycles. The monoisotopic (exact) mass is 466 g/mol. The highest BCUT2D eigenvalue weighted by molar-refractivity contribution is 6.00. The largest absolute Gasteiger partial charge is 0.465 e. The maximum Gasteiger partial charge on any atom is 0.416 e. The summed E-state index contributed by atoms with van der Waals surface area (Å²) in [6.45, 7) is 2.98. The van der Waals surface area contributed by atoms with Crippen LogP contribution in [0.4, 0.5) is 26.3 Å². The van der Waals surface area contributed by atoms with E-state index in [0.717, 1.165) is 6.07 Å². The normalized spacial score (nSPS) is 12.2. The van der Waals surface area contributed by atoms with E-state index in [1.807, 2.05) is 0 Å². The van der Waals surface area contributed by atoms with Crippen molar-refractivity contribution in [1.82, 2.24) is 0 Å². The fourth-order valence-corrected chi connectivity index (χ4v) is 3.86. The molecule has 0 radical (unpaired) electrons. The van der Waals surface area contributed by atoms with Crippen LogP contribution in [0.2, 0.25) is 0 Å². The Morgan fingerprint density at radius 1 is 0.758 bits per heavy atom. The number of carbonyl (C=O) groups excluding carboxylic acids is 1. The van der Waals surface area contributed by atoms with Gasteiger partial charge in [-0.1, -0.05) is 56.3 Å². The highest BCUT2D eigenvalue weighted by Crippen LogP contribution is 2.46. The Bertz CT molecular complexity index is 1180. The number of hydrogen-bond donors (Lipinski definition) is 0. The average Bonchev–Trinajstić information content (AvgIpc) is 2.76. The predicted molar refractivity (Wildman–Crippen MR) is 113 cm³/mol. The van der Waals surface area contributed by atoms with E-state index in [9.17, 15) is 31.1 Å². The molecule has 3 rings (SSSR count). The molecule has 0 aromatic heterocycles. The van der Waals surface area contributed by atoms with Crippen LogP contribution in [0, 0.1) is 0 Å². The van der Waals surface area contributed by atoms with E-state index in [4.69, 9.17) is 4.74 Å². The maximum absolute atomic E-state index is 13.9.